The first-order valence-electron chi connectivity index (χ1n) is 6.79. The van der Waals surface area contributed by atoms with E-state index in [0.717, 1.165) is 16.7 Å². The molecule has 1 aliphatic carbocycles. The van der Waals surface area contributed by atoms with Crippen LogP contribution in [-0.4, -0.2) is 11.2 Å². The van der Waals surface area contributed by atoms with Gasteiger partial charge in [0.2, 0.25) is 0 Å². The van der Waals surface area contributed by atoms with Crippen molar-refractivity contribution in [3.05, 3.63) is 30.3 Å². The van der Waals surface area contributed by atoms with Gasteiger partial charge in [-0.1, -0.05) is 44.9 Å². The molecule has 1 aliphatic rings. The third kappa shape index (κ3) is 3.45. The summed E-state index contributed by atoms with van der Waals surface area (Å²) in [7, 11) is 0. The summed E-state index contributed by atoms with van der Waals surface area (Å²) in [6.45, 7) is 4.67. The van der Waals surface area contributed by atoms with Crippen LogP contribution >= 0.6 is 12.2 Å². The van der Waals surface area contributed by atoms with E-state index in [-0.39, 0.29) is 0 Å². The molecule has 1 saturated carbocycles. The molecule has 0 unspecified atom stereocenters. The number of hydrogen-bond donors (Lipinski definition) is 2. The molecule has 0 radical (unpaired) electrons. The highest BCUT2D eigenvalue weighted by Crippen LogP contribution is 2.29. The van der Waals surface area contributed by atoms with Crippen LogP contribution < -0.4 is 10.6 Å². The molecular weight excluding hydrogens is 240 g/mol. The Morgan fingerprint density at radius 1 is 1.17 bits per heavy atom. The van der Waals surface area contributed by atoms with Crippen molar-refractivity contribution in [2.24, 2.45) is 11.8 Å². The van der Waals surface area contributed by atoms with Crippen molar-refractivity contribution in [2.75, 3.05) is 5.32 Å². The fourth-order valence-corrected chi connectivity index (χ4v) is 2.91. The third-order valence-electron chi connectivity index (χ3n) is 4.05. The minimum atomic E-state index is 0.512. The Morgan fingerprint density at radius 2 is 1.89 bits per heavy atom. The van der Waals surface area contributed by atoms with E-state index in [4.69, 9.17) is 12.2 Å². The van der Waals surface area contributed by atoms with Crippen molar-refractivity contribution < 1.29 is 0 Å². The highest BCUT2D eigenvalue weighted by Gasteiger charge is 2.27. The fraction of sp³-hybridized carbons (Fsp3) is 0.533. The zero-order valence-electron chi connectivity index (χ0n) is 11.1. The molecule has 1 aromatic carbocycles. The maximum atomic E-state index is 5.39. The number of nitrogens with one attached hydrogen (secondary N) is 2. The molecule has 1 aromatic rings. The van der Waals surface area contributed by atoms with Gasteiger partial charge in [-0.15, -0.1) is 0 Å². The van der Waals surface area contributed by atoms with Gasteiger partial charge in [-0.2, -0.15) is 0 Å². The van der Waals surface area contributed by atoms with Crippen LogP contribution in [0.2, 0.25) is 0 Å². The van der Waals surface area contributed by atoms with Gasteiger partial charge in [0.25, 0.3) is 0 Å². The first kappa shape index (κ1) is 13.3. The summed E-state index contributed by atoms with van der Waals surface area (Å²) in [6, 6.07) is 10.6. The summed E-state index contributed by atoms with van der Waals surface area (Å²) in [5.41, 5.74) is 1.05. The molecule has 1 fully saturated rings. The average molecular weight is 262 g/mol. The number of hydrogen-bond acceptors (Lipinski definition) is 1. The Balaban J connectivity index is 1.87. The normalized spacial score (nSPS) is 27.6. The van der Waals surface area contributed by atoms with Crippen molar-refractivity contribution in [3.8, 4) is 0 Å². The minimum absolute atomic E-state index is 0.512. The molecule has 0 saturated heterocycles. The fourth-order valence-electron chi connectivity index (χ4n) is 2.64. The van der Waals surface area contributed by atoms with Gasteiger partial charge in [0.1, 0.15) is 0 Å². The number of rotatable bonds is 2. The lowest BCUT2D eigenvalue weighted by molar-refractivity contribution is 0.225. The Labute approximate surface area is 115 Å². The maximum Gasteiger partial charge on any atom is 0.171 e. The molecule has 0 heterocycles. The molecule has 0 amide bonds. The largest absolute Gasteiger partial charge is 0.359 e. The van der Waals surface area contributed by atoms with Crippen molar-refractivity contribution in [1.29, 1.82) is 0 Å². The first-order chi connectivity index (χ1) is 8.66. The van der Waals surface area contributed by atoms with Crippen molar-refractivity contribution in [1.82, 2.24) is 5.32 Å². The molecular formula is C15H22N2S. The van der Waals surface area contributed by atoms with E-state index in [2.05, 4.69) is 24.5 Å². The van der Waals surface area contributed by atoms with Crippen molar-refractivity contribution in [3.63, 3.8) is 0 Å². The van der Waals surface area contributed by atoms with E-state index < -0.39 is 0 Å². The molecule has 3 heteroatoms. The topological polar surface area (TPSA) is 24.1 Å². The van der Waals surface area contributed by atoms with Crippen LogP contribution in [0, 0.1) is 11.8 Å². The third-order valence-corrected chi connectivity index (χ3v) is 4.27. The molecule has 18 heavy (non-hydrogen) atoms. The lowest BCUT2D eigenvalue weighted by Crippen LogP contribution is -2.45. The number of anilines is 1. The van der Waals surface area contributed by atoms with Crippen LogP contribution in [0.1, 0.15) is 33.1 Å². The monoisotopic (exact) mass is 262 g/mol. The quantitative estimate of drug-likeness (QED) is 0.793. The molecule has 2 nitrogen and oxygen atoms in total. The Morgan fingerprint density at radius 3 is 2.61 bits per heavy atom. The molecule has 2 rings (SSSR count). The minimum Gasteiger partial charge on any atom is -0.359 e. The Kier molecular flexibility index (Phi) is 4.59. The molecule has 0 spiro atoms. The Hall–Kier alpha value is -1.09. The van der Waals surface area contributed by atoms with Gasteiger partial charge in [0, 0.05) is 11.7 Å². The number of benzene rings is 1. The summed E-state index contributed by atoms with van der Waals surface area (Å²) >= 11 is 5.39. The van der Waals surface area contributed by atoms with E-state index in [1.807, 2.05) is 30.3 Å². The molecule has 0 aromatic heterocycles. The van der Waals surface area contributed by atoms with Gasteiger partial charge in [-0.25, -0.2) is 0 Å². The molecule has 3 atom stereocenters. The number of para-hydroxylation sites is 1. The predicted octanol–water partition coefficient (Wildman–Crippen LogP) is 3.80. The average Bonchev–Trinajstić information content (AvgIpc) is 2.36. The lowest BCUT2D eigenvalue weighted by atomic mass is 9.78. The van der Waals surface area contributed by atoms with Crippen LogP contribution in [0.25, 0.3) is 0 Å². The highest BCUT2D eigenvalue weighted by atomic mass is 32.1. The van der Waals surface area contributed by atoms with Crippen molar-refractivity contribution >= 4 is 23.0 Å². The lowest BCUT2D eigenvalue weighted by Gasteiger charge is -2.35. The van der Waals surface area contributed by atoms with Crippen molar-refractivity contribution in [2.45, 2.75) is 39.2 Å². The second-order valence-electron chi connectivity index (χ2n) is 5.34. The van der Waals surface area contributed by atoms with Gasteiger partial charge in [-0.05, 0) is 42.6 Å². The Bertz CT molecular complexity index is 391. The molecule has 0 aliphatic heterocycles. The summed E-state index contributed by atoms with van der Waals surface area (Å²) in [4.78, 5) is 0. The van der Waals surface area contributed by atoms with E-state index >= 15 is 0 Å². The van der Waals surface area contributed by atoms with Gasteiger partial charge < -0.3 is 10.6 Å². The standard InChI is InChI=1S/C15H22N2S/c1-11-7-6-10-14(12(11)2)17-15(18)16-13-8-4-3-5-9-13/h3-5,8-9,11-12,14H,6-7,10H2,1-2H3,(H2,16,17,18)/t11-,12+,14-/m1/s1. The first-order valence-corrected chi connectivity index (χ1v) is 7.20. The second kappa shape index (κ2) is 6.19. The molecule has 2 N–H and O–H groups in total. The highest BCUT2D eigenvalue weighted by molar-refractivity contribution is 7.80. The van der Waals surface area contributed by atoms with Crippen LogP contribution in [-0.2, 0) is 0 Å². The maximum absolute atomic E-state index is 5.39. The molecule has 0 bridgehead atoms. The van der Waals surface area contributed by atoms with E-state index in [0.29, 0.717) is 12.0 Å². The van der Waals surface area contributed by atoms with Crippen LogP contribution in [0.4, 0.5) is 5.69 Å². The zero-order chi connectivity index (χ0) is 13.0. The summed E-state index contributed by atoms with van der Waals surface area (Å²) in [6.07, 6.45) is 3.87. The van der Waals surface area contributed by atoms with Crippen LogP contribution in [0.3, 0.4) is 0 Å². The molecule has 98 valence electrons. The smallest absolute Gasteiger partial charge is 0.171 e. The predicted molar refractivity (Wildman–Crippen MR) is 81.8 cm³/mol. The van der Waals surface area contributed by atoms with Gasteiger partial charge in [-0.3, -0.25) is 0 Å². The van der Waals surface area contributed by atoms with Crippen LogP contribution in [0.5, 0.6) is 0 Å². The second-order valence-corrected chi connectivity index (χ2v) is 5.75. The summed E-state index contributed by atoms with van der Waals surface area (Å²) in [5, 5.41) is 7.46. The number of thiocarbonyl (C=S) groups is 1. The van der Waals surface area contributed by atoms with Gasteiger partial charge >= 0.3 is 0 Å². The zero-order valence-corrected chi connectivity index (χ0v) is 12.0. The van der Waals surface area contributed by atoms with E-state index in [9.17, 15) is 0 Å². The van der Waals surface area contributed by atoms with Gasteiger partial charge in [0.05, 0.1) is 0 Å². The summed E-state index contributed by atoms with van der Waals surface area (Å²) in [5.74, 6) is 1.48. The SMILES string of the molecule is C[C@H]1[C@H](C)CCC[C@H]1NC(=S)Nc1ccccc1. The van der Waals surface area contributed by atoms with E-state index in [1.54, 1.807) is 0 Å². The van der Waals surface area contributed by atoms with Gasteiger partial charge in [0.15, 0.2) is 5.11 Å². The van der Waals surface area contributed by atoms with Crippen LogP contribution in [0.15, 0.2) is 30.3 Å². The summed E-state index contributed by atoms with van der Waals surface area (Å²) < 4.78 is 0. The van der Waals surface area contributed by atoms with E-state index in [1.165, 1.54) is 19.3 Å².